The first-order chi connectivity index (χ1) is 15.5. The highest BCUT2D eigenvalue weighted by atomic mass is 16.5. The minimum absolute atomic E-state index is 0.0626. The van der Waals surface area contributed by atoms with Gasteiger partial charge in [0, 0.05) is 31.5 Å². The fourth-order valence-corrected chi connectivity index (χ4v) is 4.34. The summed E-state index contributed by atoms with van der Waals surface area (Å²) in [4.78, 5) is 39.7. The van der Waals surface area contributed by atoms with Crippen LogP contribution in [0.3, 0.4) is 0 Å². The molecule has 0 aliphatic carbocycles. The molecule has 0 saturated carbocycles. The molecule has 1 aromatic carbocycles. The molecule has 1 aliphatic heterocycles. The zero-order chi connectivity index (χ0) is 24.8. The van der Waals surface area contributed by atoms with E-state index in [4.69, 9.17) is 14.2 Å². The minimum atomic E-state index is -0.553. The van der Waals surface area contributed by atoms with E-state index >= 15 is 0 Å². The van der Waals surface area contributed by atoms with Crippen molar-refractivity contribution in [3.63, 3.8) is 0 Å². The second-order valence-electron chi connectivity index (χ2n) is 9.68. The number of hydrazine groups is 1. The van der Waals surface area contributed by atoms with Gasteiger partial charge in [-0.2, -0.15) is 0 Å². The zero-order valence-corrected chi connectivity index (χ0v) is 20.7. The third kappa shape index (κ3) is 7.27. The van der Waals surface area contributed by atoms with Crippen LogP contribution in [-0.2, 0) is 9.59 Å². The first-order valence-electron chi connectivity index (χ1n) is 11.2. The van der Waals surface area contributed by atoms with Gasteiger partial charge in [-0.15, -0.1) is 0 Å². The van der Waals surface area contributed by atoms with Gasteiger partial charge in [-0.1, -0.05) is 27.7 Å². The van der Waals surface area contributed by atoms with Crippen LogP contribution in [-0.4, -0.2) is 57.0 Å². The van der Waals surface area contributed by atoms with Crippen LogP contribution in [0.4, 0.5) is 0 Å². The van der Waals surface area contributed by atoms with Gasteiger partial charge in [-0.05, 0) is 35.8 Å². The van der Waals surface area contributed by atoms with Gasteiger partial charge in [-0.25, -0.2) is 0 Å². The molecule has 1 aromatic rings. The fourth-order valence-electron chi connectivity index (χ4n) is 4.34. The number of benzene rings is 1. The molecule has 1 fully saturated rings. The van der Waals surface area contributed by atoms with Gasteiger partial charge in [0.1, 0.15) is 0 Å². The lowest BCUT2D eigenvalue weighted by Crippen LogP contribution is -2.45. The van der Waals surface area contributed by atoms with Crippen LogP contribution < -0.4 is 25.1 Å². The van der Waals surface area contributed by atoms with E-state index in [0.29, 0.717) is 29.1 Å². The van der Waals surface area contributed by atoms with Crippen molar-refractivity contribution in [3.8, 4) is 17.2 Å². The predicted octanol–water partition coefficient (Wildman–Crippen LogP) is 2.78. The van der Waals surface area contributed by atoms with E-state index in [1.807, 2.05) is 18.7 Å². The van der Waals surface area contributed by atoms with Crippen LogP contribution in [0.1, 0.15) is 57.3 Å². The number of rotatable bonds is 8. The highest BCUT2D eigenvalue weighted by Gasteiger charge is 2.31. The van der Waals surface area contributed by atoms with Crippen molar-refractivity contribution in [1.29, 1.82) is 0 Å². The molecule has 33 heavy (non-hydrogen) atoms. The summed E-state index contributed by atoms with van der Waals surface area (Å²) in [7, 11) is 4.38. The number of carbonyl (C=O) groups excluding carboxylic acids is 3. The Kier molecular flexibility index (Phi) is 8.96. The number of methoxy groups -OCH3 is 3. The zero-order valence-electron chi connectivity index (χ0n) is 20.7. The van der Waals surface area contributed by atoms with Gasteiger partial charge < -0.3 is 19.1 Å². The van der Waals surface area contributed by atoms with Crippen LogP contribution in [0.15, 0.2) is 12.1 Å². The number of hydrogen-bond acceptors (Lipinski definition) is 6. The second-order valence-corrected chi connectivity index (χ2v) is 9.68. The van der Waals surface area contributed by atoms with Crippen LogP contribution >= 0.6 is 0 Å². The first kappa shape index (κ1) is 26.3. The topological polar surface area (TPSA) is 106 Å². The maximum Gasteiger partial charge on any atom is 0.269 e. The molecule has 2 rings (SSSR count). The van der Waals surface area contributed by atoms with E-state index in [1.54, 1.807) is 0 Å². The Morgan fingerprint density at radius 2 is 1.48 bits per heavy atom. The summed E-state index contributed by atoms with van der Waals surface area (Å²) in [5.74, 6) is 1.13. The smallest absolute Gasteiger partial charge is 0.269 e. The Bertz CT molecular complexity index is 835. The van der Waals surface area contributed by atoms with E-state index in [1.165, 1.54) is 33.5 Å². The van der Waals surface area contributed by atoms with E-state index in [2.05, 4.69) is 24.7 Å². The van der Waals surface area contributed by atoms with Gasteiger partial charge in [-0.3, -0.25) is 25.2 Å². The molecule has 1 aliphatic rings. The molecule has 184 valence electrons. The first-order valence-corrected chi connectivity index (χ1v) is 11.2. The van der Waals surface area contributed by atoms with E-state index in [9.17, 15) is 14.4 Å². The Morgan fingerprint density at radius 3 is 1.97 bits per heavy atom. The molecule has 2 unspecified atom stereocenters. The molecule has 0 spiro atoms. The number of nitrogens with one attached hydrogen (secondary N) is 2. The maximum absolute atomic E-state index is 12.8. The lowest BCUT2D eigenvalue weighted by molar-refractivity contribution is -0.136. The fraction of sp³-hybridized carbons (Fsp3) is 0.625. The van der Waals surface area contributed by atoms with Crippen molar-refractivity contribution >= 4 is 17.7 Å². The quantitative estimate of drug-likeness (QED) is 0.574. The van der Waals surface area contributed by atoms with E-state index < -0.39 is 11.3 Å². The van der Waals surface area contributed by atoms with Crippen LogP contribution in [0.5, 0.6) is 17.2 Å². The van der Waals surface area contributed by atoms with Crippen molar-refractivity contribution in [2.24, 2.45) is 17.3 Å². The van der Waals surface area contributed by atoms with Crippen molar-refractivity contribution < 1.29 is 28.6 Å². The number of nitrogens with zero attached hydrogens (tertiary/aromatic N) is 1. The van der Waals surface area contributed by atoms with Crippen LogP contribution in [0, 0.1) is 17.3 Å². The molecule has 3 amide bonds. The third-order valence-corrected chi connectivity index (χ3v) is 5.73. The summed E-state index contributed by atoms with van der Waals surface area (Å²) < 4.78 is 15.8. The monoisotopic (exact) mass is 463 g/mol. The molecule has 0 radical (unpaired) electrons. The number of ether oxygens (including phenoxy) is 3. The molecule has 2 N–H and O–H groups in total. The number of piperidine rings is 1. The Labute approximate surface area is 196 Å². The summed E-state index contributed by atoms with van der Waals surface area (Å²) in [6, 6.07) is 2.98. The lowest BCUT2D eigenvalue weighted by atomic mass is 9.84. The number of likely N-dealkylation sites (tertiary alicyclic amines) is 1. The van der Waals surface area contributed by atoms with E-state index in [0.717, 1.165) is 19.5 Å². The largest absolute Gasteiger partial charge is 0.493 e. The predicted molar refractivity (Wildman–Crippen MR) is 124 cm³/mol. The molecule has 9 nitrogen and oxygen atoms in total. The molecule has 0 bridgehead atoms. The highest BCUT2D eigenvalue weighted by Crippen LogP contribution is 2.38. The van der Waals surface area contributed by atoms with Crippen molar-refractivity contribution in [2.45, 2.75) is 47.0 Å². The number of amides is 3. The summed E-state index contributed by atoms with van der Waals surface area (Å²) in [5.41, 5.74) is 4.51. The van der Waals surface area contributed by atoms with Gasteiger partial charge in [0.15, 0.2) is 11.5 Å². The van der Waals surface area contributed by atoms with Gasteiger partial charge >= 0.3 is 0 Å². The maximum atomic E-state index is 12.8. The summed E-state index contributed by atoms with van der Waals surface area (Å²) >= 11 is 0. The van der Waals surface area contributed by atoms with Crippen molar-refractivity contribution in [1.82, 2.24) is 15.8 Å². The van der Waals surface area contributed by atoms with Crippen LogP contribution in [0.25, 0.3) is 0 Å². The summed E-state index contributed by atoms with van der Waals surface area (Å²) in [6.45, 7) is 9.59. The van der Waals surface area contributed by atoms with Crippen LogP contribution in [0.2, 0.25) is 0 Å². The minimum Gasteiger partial charge on any atom is -0.493 e. The summed E-state index contributed by atoms with van der Waals surface area (Å²) in [5, 5.41) is 0. The molecule has 1 heterocycles. The summed E-state index contributed by atoms with van der Waals surface area (Å²) in [6.07, 6.45) is 1.48. The SMILES string of the molecule is COc1cc(C(=O)NNC(=O)CC(C)(C)CC(=O)N2CC(C)CC(C)C2)cc(OC)c1OC. The van der Waals surface area contributed by atoms with E-state index in [-0.39, 0.29) is 30.2 Å². The van der Waals surface area contributed by atoms with Crippen molar-refractivity contribution in [2.75, 3.05) is 34.4 Å². The molecule has 2 atom stereocenters. The van der Waals surface area contributed by atoms with Gasteiger partial charge in [0.2, 0.25) is 17.6 Å². The average molecular weight is 464 g/mol. The Balaban J connectivity index is 1.93. The molecular weight excluding hydrogens is 426 g/mol. The third-order valence-electron chi connectivity index (χ3n) is 5.73. The van der Waals surface area contributed by atoms with Gasteiger partial charge in [0.25, 0.3) is 5.91 Å². The lowest BCUT2D eigenvalue weighted by Gasteiger charge is -2.37. The number of carbonyl (C=O) groups is 3. The standard InChI is InChI=1S/C24H37N3O6/c1-15-8-16(2)14-27(13-15)21(29)12-24(3,4)11-20(28)25-26-23(30)17-9-18(31-5)22(33-7)19(10-17)32-6/h9-10,15-16H,8,11-14H2,1-7H3,(H,25,28)(H,26,30). The molecule has 0 aromatic heterocycles. The Morgan fingerprint density at radius 1 is 0.939 bits per heavy atom. The number of hydrogen-bond donors (Lipinski definition) is 2. The molecule has 1 saturated heterocycles. The molecular formula is C24H37N3O6. The van der Waals surface area contributed by atoms with Gasteiger partial charge in [0.05, 0.1) is 21.3 Å². The Hall–Kier alpha value is -2.97. The average Bonchev–Trinajstić information content (AvgIpc) is 2.74. The molecule has 9 heteroatoms. The van der Waals surface area contributed by atoms with Crippen molar-refractivity contribution in [3.05, 3.63) is 17.7 Å². The highest BCUT2D eigenvalue weighted by molar-refractivity contribution is 5.96. The second kappa shape index (κ2) is 11.2. The normalized spacial score (nSPS) is 18.3.